The molecule has 0 heterocycles. The van der Waals surface area contributed by atoms with Crippen molar-refractivity contribution in [2.24, 2.45) is 0 Å². The van der Waals surface area contributed by atoms with Gasteiger partial charge < -0.3 is 10.6 Å². The molecule has 0 saturated heterocycles. The second-order valence-electron chi connectivity index (χ2n) is 5.46. The molecule has 21 heavy (non-hydrogen) atoms. The summed E-state index contributed by atoms with van der Waals surface area (Å²) in [5.41, 5.74) is 2.55. The molecule has 1 rings (SSSR count). The van der Waals surface area contributed by atoms with Crippen LogP contribution in [0.5, 0.6) is 0 Å². The summed E-state index contributed by atoms with van der Waals surface area (Å²) in [4.78, 5) is 11.5. The maximum atomic E-state index is 11.5. The maximum absolute atomic E-state index is 11.5. The Balaban J connectivity index is 2.17. The lowest BCUT2D eigenvalue weighted by molar-refractivity contribution is 0.241. The highest BCUT2D eigenvalue weighted by molar-refractivity contribution is 7.84. The van der Waals surface area contributed by atoms with Gasteiger partial charge in [-0.25, -0.2) is 4.79 Å². The zero-order valence-electron chi connectivity index (χ0n) is 13.1. The molecule has 0 aliphatic heterocycles. The molecule has 0 unspecified atom stereocenters. The molecule has 2 amide bonds. The second-order valence-corrected chi connectivity index (χ2v) is 7.01. The van der Waals surface area contributed by atoms with E-state index in [1.54, 1.807) is 6.26 Å². The standard InChI is InChI=1S/C16H26N2O2S/c1-13(2)15-7-5-14(6-8-15)9-11-18-16(19)17-10-4-12-21(3)20/h5-8,13H,4,9-12H2,1-3H3,(H2,17,18,19)/t21-/m0/s1. The normalized spacial score (nSPS) is 12.2. The van der Waals surface area contributed by atoms with E-state index in [0.29, 0.717) is 24.8 Å². The van der Waals surface area contributed by atoms with Crippen LogP contribution in [0.4, 0.5) is 4.79 Å². The number of nitrogens with one attached hydrogen (secondary N) is 2. The van der Waals surface area contributed by atoms with E-state index in [-0.39, 0.29) is 6.03 Å². The molecule has 1 aromatic carbocycles. The Morgan fingerprint density at radius 1 is 1.14 bits per heavy atom. The minimum atomic E-state index is -0.788. The summed E-state index contributed by atoms with van der Waals surface area (Å²) < 4.78 is 10.9. The largest absolute Gasteiger partial charge is 0.338 e. The molecule has 0 aliphatic rings. The van der Waals surface area contributed by atoms with Gasteiger partial charge in [-0.2, -0.15) is 0 Å². The molecule has 0 fully saturated rings. The van der Waals surface area contributed by atoms with Crippen LogP contribution in [-0.4, -0.2) is 35.3 Å². The van der Waals surface area contributed by atoms with Crippen molar-refractivity contribution in [2.75, 3.05) is 25.1 Å². The van der Waals surface area contributed by atoms with E-state index in [1.165, 1.54) is 11.1 Å². The summed E-state index contributed by atoms with van der Waals surface area (Å²) in [6.45, 7) is 5.53. The monoisotopic (exact) mass is 310 g/mol. The van der Waals surface area contributed by atoms with Gasteiger partial charge in [-0.05, 0) is 29.9 Å². The molecule has 0 aromatic heterocycles. The number of hydrogen-bond donors (Lipinski definition) is 2. The molecule has 2 N–H and O–H groups in total. The summed E-state index contributed by atoms with van der Waals surface area (Å²) in [6.07, 6.45) is 3.24. The summed E-state index contributed by atoms with van der Waals surface area (Å²) in [5.74, 6) is 1.17. The van der Waals surface area contributed by atoms with Crippen molar-refractivity contribution in [3.05, 3.63) is 35.4 Å². The van der Waals surface area contributed by atoms with Crippen LogP contribution in [0.3, 0.4) is 0 Å². The van der Waals surface area contributed by atoms with E-state index in [1.807, 2.05) is 0 Å². The van der Waals surface area contributed by atoms with Crippen molar-refractivity contribution in [1.82, 2.24) is 10.6 Å². The van der Waals surface area contributed by atoms with Crippen LogP contribution >= 0.6 is 0 Å². The van der Waals surface area contributed by atoms with Gasteiger partial charge in [0.1, 0.15) is 0 Å². The van der Waals surface area contributed by atoms with E-state index in [0.717, 1.165) is 12.8 Å². The van der Waals surface area contributed by atoms with Gasteiger partial charge in [0.15, 0.2) is 0 Å². The zero-order valence-corrected chi connectivity index (χ0v) is 14.0. The van der Waals surface area contributed by atoms with Gasteiger partial charge in [0.25, 0.3) is 0 Å². The highest BCUT2D eigenvalue weighted by atomic mass is 32.2. The topological polar surface area (TPSA) is 58.2 Å². The Morgan fingerprint density at radius 3 is 2.33 bits per heavy atom. The fourth-order valence-corrected chi connectivity index (χ4v) is 2.48. The maximum Gasteiger partial charge on any atom is 0.314 e. The van der Waals surface area contributed by atoms with Gasteiger partial charge in [0.05, 0.1) is 0 Å². The summed E-state index contributed by atoms with van der Waals surface area (Å²) >= 11 is 0. The van der Waals surface area contributed by atoms with Gasteiger partial charge in [-0.15, -0.1) is 0 Å². The van der Waals surface area contributed by atoms with Crippen molar-refractivity contribution in [3.63, 3.8) is 0 Å². The molecular formula is C16H26N2O2S. The first-order valence-corrected chi connectivity index (χ1v) is 9.12. The number of hydrogen-bond acceptors (Lipinski definition) is 2. The quantitative estimate of drug-likeness (QED) is 0.725. The van der Waals surface area contributed by atoms with Crippen molar-refractivity contribution < 1.29 is 9.00 Å². The number of rotatable bonds is 8. The predicted molar refractivity (Wildman–Crippen MR) is 89.2 cm³/mol. The predicted octanol–water partition coefficient (Wildman–Crippen LogP) is 2.42. The molecular weight excluding hydrogens is 284 g/mol. The Labute approximate surface area is 130 Å². The average Bonchev–Trinajstić information content (AvgIpc) is 2.44. The smallest absolute Gasteiger partial charge is 0.314 e. The number of carbonyl (C=O) groups excluding carboxylic acids is 1. The van der Waals surface area contributed by atoms with Gasteiger partial charge in [0, 0.05) is 35.9 Å². The summed E-state index contributed by atoms with van der Waals surface area (Å²) in [5, 5.41) is 5.59. The van der Waals surface area contributed by atoms with Crippen molar-refractivity contribution >= 4 is 16.8 Å². The van der Waals surface area contributed by atoms with E-state index >= 15 is 0 Å². The Hall–Kier alpha value is -1.36. The van der Waals surface area contributed by atoms with Crippen LogP contribution in [0.2, 0.25) is 0 Å². The lowest BCUT2D eigenvalue weighted by Gasteiger charge is -2.09. The van der Waals surface area contributed by atoms with Crippen molar-refractivity contribution in [2.45, 2.75) is 32.6 Å². The third-order valence-corrected chi connectivity index (χ3v) is 4.10. The van der Waals surface area contributed by atoms with Gasteiger partial charge >= 0.3 is 6.03 Å². The molecule has 0 aliphatic carbocycles. The van der Waals surface area contributed by atoms with Crippen LogP contribution in [0.1, 0.15) is 37.3 Å². The first-order valence-electron chi connectivity index (χ1n) is 7.39. The lowest BCUT2D eigenvalue weighted by Crippen LogP contribution is -2.37. The SMILES string of the molecule is CC(C)c1ccc(CCNC(=O)NCCC[S@](C)=O)cc1. The fourth-order valence-electron chi connectivity index (χ4n) is 1.93. The van der Waals surface area contributed by atoms with E-state index in [2.05, 4.69) is 48.7 Å². The van der Waals surface area contributed by atoms with Crippen molar-refractivity contribution in [1.29, 1.82) is 0 Å². The van der Waals surface area contributed by atoms with Crippen LogP contribution in [-0.2, 0) is 17.2 Å². The summed E-state index contributed by atoms with van der Waals surface area (Å²) in [6, 6.07) is 8.36. The summed E-state index contributed by atoms with van der Waals surface area (Å²) in [7, 11) is -0.788. The third kappa shape index (κ3) is 7.85. The Morgan fingerprint density at radius 2 is 1.76 bits per heavy atom. The van der Waals surface area contributed by atoms with E-state index in [4.69, 9.17) is 0 Å². The Bertz CT molecular complexity index is 458. The Kier molecular flexibility index (Phi) is 8.05. The molecule has 1 atom stereocenters. The number of urea groups is 1. The minimum Gasteiger partial charge on any atom is -0.338 e. The van der Waals surface area contributed by atoms with Crippen molar-refractivity contribution in [3.8, 4) is 0 Å². The minimum absolute atomic E-state index is 0.157. The molecule has 0 saturated carbocycles. The highest BCUT2D eigenvalue weighted by Gasteiger charge is 2.01. The molecule has 1 aromatic rings. The zero-order chi connectivity index (χ0) is 15.7. The van der Waals surface area contributed by atoms with Crippen LogP contribution in [0.15, 0.2) is 24.3 Å². The molecule has 0 spiro atoms. The fraction of sp³-hybridized carbons (Fsp3) is 0.562. The third-order valence-electron chi connectivity index (χ3n) is 3.24. The van der Waals surface area contributed by atoms with Gasteiger partial charge in [-0.1, -0.05) is 38.1 Å². The van der Waals surface area contributed by atoms with E-state index < -0.39 is 10.8 Å². The first kappa shape index (κ1) is 17.7. The molecule has 4 nitrogen and oxygen atoms in total. The molecule has 5 heteroatoms. The molecule has 0 radical (unpaired) electrons. The van der Waals surface area contributed by atoms with Gasteiger partial charge in [-0.3, -0.25) is 4.21 Å². The number of benzene rings is 1. The number of amides is 2. The first-order chi connectivity index (χ1) is 9.99. The van der Waals surface area contributed by atoms with Crippen LogP contribution < -0.4 is 10.6 Å². The van der Waals surface area contributed by atoms with Crippen LogP contribution in [0, 0.1) is 0 Å². The highest BCUT2D eigenvalue weighted by Crippen LogP contribution is 2.14. The van der Waals surface area contributed by atoms with E-state index in [9.17, 15) is 9.00 Å². The molecule has 0 bridgehead atoms. The molecule has 118 valence electrons. The van der Waals surface area contributed by atoms with Crippen LogP contribution in [0.25, 0.3) is 0 Å². The average molecular weight is 310 g/mol. The van der Waals surface area contributed by atoms with Gasteiger partial charge in [0.2, 0.25) is 0 Å². The second kappa shape index (κ2) is 9.55. The number of carbonyl (C=O) groups is 1. The lowest BCUT2D eigenvalue weighted by atomic mass is 10.0.